The lowest BCUT2D eigenvalue weighted by Gasteiger charge is -2.29. The second-order valence-electron chi connectivity index (χ2n) is 6.01. The number of hydrogen-bond acceptors (Lipinski definition) is 6. The standard InChI is InChI=1S/C18H22O6/c1-10(2)17(21)24-16-13(20)7-5-4-6-12(9-19)8-14-15(16)11(3)18(22)23-14/h5,7-8,13-16,19-20H,1,3-4,6,9H2,2H3. The van der Waals surface area contributed by atoms with Crippen LogP contribution in [0.25, 0.3) is 0 Å². The minimum atomic E-state index is -1.11. The zero-order valence-corrected chi connectivity index (χ0v) is 13.6. The highest BCUT2D eigenvalue weighted by molar-refractivity contribution is 5.92. The zero-order valence-electron chi connectivity index (χ0n) is 13.6. The summed E-state index contributed by atoms with van der Waals surface area (Å²) in [6, 6.07) is 0. The lowest BCUT2D eigenvalue weighted by atomic mass is 9.85. The number of ether oxygens (including phenoxy) is 2. The SMILES string of the molecule is C=C(C)C(=O)OC1C(O)C=CCCC(CO)=CC2OC(=O)C(=C)C21. The van der Waals surface area contributed by atoms with Crippen molar-refractivity contribution in [1.82, 2.24) is 0 Å². The predicted molar refractivity (Wildman–Crippen MR) is 86.8 cm³/mol. The van der Waals surface area contributed by atoms with Gasteiger partial charge in [0.05, 0.1) is 12.5 Å². The normalized spacial score (nSPS) is 30.2. The zero-order chi connectivity index (χ0) is 17.9. The second-order valence-corrected chi connectivity index (χ2v) is 6.01. The molecule has 2 aliphatic rings. The molecule has 6 nitrogen and oxygen atoms in total. The number of aliphatic hydroxyl groups excluding tert-OH is 2. The molecule has 0 saturated carbocycles. The van der Waals surface area contributed by atoms with Gasteiger partial charge in [-0.15, -0.1) is 0 Å². The van der Waals surface area contributed by atoms with Gasteiger partial charge in [0.25, 0.3) is 0 Å². The van der Waals surface area contributed by atoms with Crippen molar-refractivity contribution in [2.24, 2.45) is 5.92 Å². The number of allylic oxidation sites excluding steroid dienone is 1. The summed E-state index contributed by atoms with van der Waals surface area (Å²) in [4.78, 5) is 23.9. The van der Waals surface area contributed by atoms with E-state index in [0.717, 1.165) is 0 Å². The molecule has 24 heavy (non-hydrogen) atoms. The van der Waals surface area contributed by atoms with Gasteiger partial charge < -0.3 is 19.7 Å². The van der Waals surface area contributed by atoms with Crippen LogP contribution in [0.1, 0.15) is 19.8 Å². The third kappa shape index (κ3) is 3.83. The summed E-state index contributed by atoms with van der Waals surface area (Å²) < 4.78 is 10.7. The van der Waals surface area contributed by atoms with Crippen LogP contribution in [0.5, 0.6) is 0 Å². The van der Waals surface area contributed by atoms with Crippen LogP contribution in [0.2, 0.25) is 0 Å². The smallest absolute Gasteiger partial charge is 0.334 e. The quantitative estimate of drug-likeness (QED) is 0.458. The topological polar surface area (TPSA) is 93.1 Å². The van der Waals surface area contributed by atoms with Crippen molar-refractivity contribution in [3.63, 3.8) is 0 Å². The van der Waals surface area contributed by atoms with Gasteiger partial charge in [0.1, 0.15) is 18.3 Å². The average molecular weight is 334 g/mol. The van der Waals surface area contributed by atoms with Crippen LogP contribution in [-0.2, 0) is 19.1 Å². The monoisotopic (exact) mass is 334 g/mol. The molecule has 1 fully saturated rings. The number of carbonyl (C=O) groups excluding carboxylic acids is 2. The van der Waals surface area contributed by atoms with E-state index in [-0.39, 0.29) is 17.8 Å². The molecule has 4 unspecified atom stereocenters. The van der Waals surface area contributed by atoms with Gasteiger partial charge in [-0.2, -0.15) is 0 Å². The summed E-state index contributed by atoms with van der Waals surface area (Å²) in [5.41, 5.74) is 1.02. The minimum Gasteiger partial charge on any atom is -0.455 e. The number of rotatable bonds is 3. The van der Waals surface area contributed by atoms with E-state index in [2.05, 4.69) is 13.2 Å². The van der Waals surface area contributed by atoms with Crippen molar-refractivity contribution in [2.45, 2.75) is 38.1 Å². The van der Waals surface area contributed by atoms with Gasteiger partial charge in [0.2, 0.25) is 0 Å². The maximum atomic E-state index is 11.9. The first kappa shape index (κ1) is 18.2. The third-order valence-electron chi connectivity index (χ3n) is 4.11. The highest BCUT2D eigenvalue weighted by Crippen LogP contribution is 2.35. The Balaban J connectivity index is 2.43. The van der Waals surface area contributed by atoms with Gasteiger partial charge in [0, 0.05) is 11.1 Å². The van der Waals surface area contributed by atoms with E-state index in [0.29, 0.717) is 18.4 Å². The Morgan fingerprint density at radius 2 is 2.21 bits per heavy atom. The van der Waals surface area contributed by atoms with Crippen LogP contribution >= 0.6 is 0 Å². The highest BCUT2D eigenvalue weighted by Gasteiger charge is 2.46. The fourth-order valence-corrected chi connectivity index (χ4v) is 2.77. The van der Waals surface area contributed by atoms with E-state index in [9.17, 15) is 19.8 Å². The molecule has 2 N–H and O–H groups in total. The molecule has 1 aliphatic heterocycles. The molecule has 0 aromatic rings. The van der Waals surface area contributed by atoms with Crippen LogP contribution in [-0.4, -0.2) is 47.1 Å². The van der Waals surface area contributed by atoms with Crippen LogP contribution < -0.4 is 0 Å². The van der Waals surface area contributed by atoms with Crippen molar-refractivity contribution in [3.05, 3.63) is 48.1 Å². The van der Waals surface area contributed by atoms with E-state index in [4.69, 9.17) is 9.47 Å². The first-order chi connectivity index (χ1) is 11.3. The molecule has 130 valence electrons. The maximum Gasteiger partial charge on any atom is 0.334 e. The van der Waals surface area contributed by atoms with Gasteiger partial charge in [-0.1, -0.05) is 25.3 Å². The van der Waals surface area contributed by atoms with Crippen molar-refractivity contribution in [1.29, 1.82) is 0 Å². The molecule has 0 bridgehead atoms. The molecule has 0 spiro atoms. The summed E-state index contributed by atoms with van der Waals surface area (Å²) in [6.45, 7) is 8.57. The van der Waals surface area contributed by atoms with Crippen molar-refractivity contribution in [2.75, 3.05) is 6.61 Å². The van der Waals surface area contributed by atoms with E-state index in [1.165, 1.54) is 13.0 Å². The summed E-state index contributed by atoms with van der Waals surface area (Å²) in [6.07, 6.45) is 3.17. The summed E-state index contributed by atoms with van der Waals surface area (Å²) in [5, 5.41) is 19.9. The number of fused-ring (bicyclic) bond motifs is 1. The molecule has 1 saturated heterocycles. The van der Waals surface area contributed by atoms with E-state index in [1.807, 2.05) is 0 Å². The van der Waals surface area contributed by atoms with Gasteiger partial charge >= 0.3 is 11.9 Å². The second kappa shape index (κ2) is 7.59. The van der Waals surface area contributed by atoms with Crippen LogP contribution in [0.4, 0.5) is 0 Å². The summed E-state index contributed by atoms with van der Waals surface area (Å²) in [5.74, 6) is -2.01. The van der Waals surface area contributed by atoms with E-state index < -0.39 is 36.2 Å². The first-order valence-corrected chi connectivity index (χ1v) is 7.76. The Morgan fingerprint density at radius 1 is 1.50 bits per heavy atom. The minimum absolute atomic E-state index is 0.126. The predicted octanol–water partition coefficient (Wildman–Crippen LogP) is 1.20. The van der Waals surface area contributed by atoms with Gasteiger partial charge in [-0.25, -0.2) is 9.59 Å². The summed E-state index contributed by atoms with van der Waals surface area (Å²) >= 11 is 0. The molecule has 6 heteroatoms. The highest BCUT2D eigenvalue weighted by atomic mass is 16.6. The number of esters is 2. The Kier molecular flexibility index (Phi) is 5.75. The number of hydrogen-bond donors (Lipinski definition) is 2. The third-order valence-corrected chi connectivity index (χ3v) is 4.11. The Labute approximate surface area is 140 Å². The Morgan fingerprint density at radius 3 is 2.83 bits per heavy atom. The van der Waals surface area contributed by atoms with E-state index in [1.54, 1.807) is 12.2 Å². The molecule has 1 heterocycles. The Hall–Kier alpha value is -2.18. The molecule has 2 rings (SSSR count). The maximum absolute atomic E-state index is 11.9. The largest absolute Gasteiger partial charge is 0.455 e. The number of carbonyl (C=O) groups is 2. The molecular weight excluding hydrogens is 312 g/mol. The molecule has 1 aliphatic carbocycles. The van der Waals surface area contributed by atoms with Gasteiger partial charge in [-0.3, -0.25) is 0 Å². The van der Waals surface area contributed by atoms with Crippen molar-refractivity contribution >= 4 is 11.9 Å². The Bertz CT molecular complexity index is 615. The van der Waals surface area contributed by atoms with Crippen LogP contribution in [0.3, 0.4) is 0 Å². The van der Waals surface area contributed by atoms with Crippen molar-refractivity contribution in [3.8, 4) is 0 Å². The average Bonchev–Trinajstić information content (AvgIpc) is 2.81. The fourth-order valence-electron chi connectivity index (χ4n) is 2.77. The number of aliphatic hydroxyl groups is 2. The van der Waals surface area contributed by atoms with Gasteiger partial charge in [-0.05, 0) is 31.4 Å². The fraction of sp³-hybridized carbons (Fsp3) is 0.444. The molecular formula is C18H22O6. The van der Waals surface area contributed by atoms with E-state index >= 15 is 0 Å². The lowest BCUT2D eigenvalue weighted by molar-refractivity contribution is -0.152. The van der Waals surface area contributed by atoms with Gasteiger partial charge in [0.15, 0.2) is 0 Å². The molecule has 0 aromatic heterocycles. The molecule has 4 atom stereocenters. The summed E-state index contributed by atoms with van der Waals surface area (Å²) in [7, 11) is 0. The lowest BCUT2D eigenvalue weighted by Crippen LogP contribution is -2.41. The molecule has 0 radical (unpaired) electrons. The van der Waals surface area contributed by atoms with Crippen LogP contribution in [0, 0.1) is 5.92 Å². The van der Waals surface area contributed by atoms with Crippen LogP contribution in [0.15, 0.2) is 48.1 Å². The molecule has 0 amide bonds. The van der Waals surface area contributed by atoms with Crippen molar-refractivity contribution < 1.29 is 29.3 Å². The first-order valence-electron chi connectivity index (χ1n) is 7.76. The molecule has 0 aromatic carbocycles.